The van der Waals surface area contributed by atoms with Gasteiger partial charge in [-0.25, -0.2) is 0 Å². The predicted octanol–water partition coefficient (Wildman–Crippen LogP) is 0.151. The SMILES string of the molecule is COC1(OC)[C@@H]2C=C[C@H](O)[C@H]1C[C@@H]2CO. The summed E-state index contributed by atoms with van der Waals surface area (Å²) in [6.07, 6.45) is 3.87. The lowest BCUT2D eigenvalue weighted by Gasteiger charge is -2.41. The van der Waals surface area contributed by atoms with Gasteiger partial charge in [-0.15, -0.1) is 0 Å². The number of rotatable bonds is 3. The molecule has 2 aliphatic carbocycles. The van der Waals surface area contributed by atoms with E-state index in [1.54, 1.807) is 20.3 Å². The lowest BCUT2D eigenvalue weighted by Crippen LogP contribution is -2.50. The molecule has 0 spiro atoms. The molecule has 2 bridgehead atoms. The Hall–Kier alpha value is -0.420. The second kappa shape index (κ2) is 3.87. The van der Waals surface area contributed by atoms with E-state index in [0.717, 1.165) is 6.42 Å². The Morgan fingerprint density at radius 1 is 1.33 bits per heavy atom. The quantitative estimate of drug-likeness (QED) is 0.518. The summed E-state index contributed by atoms with van der Waals surface area (Å²) in [6, 6.07) is 0. The third-order valence-electron chi connectivity index (χ3n) is 3.85. The van der Waals surface area contributed by atoms with E-state index in [9.17, 15) is 10.2 Å². The van der Waals surface area contributed by atoms with Crippen LogP contribution in [0.4, 0.5) is 0 Å². The summed E-state index contributed by atoms with van der Waals surface area (Å²) in [4.78, 5) is 0. The molecule has 15 heavy (non-hydrogen) atoms. The Morgan fingerprint density at radius 2 is 2.00 bits per heavy atom. The van der Waals surface area contributed by atoms with Gasteiger partial charge in [-0.2, -0.15) is 0 Å². The van der Waals surface area contributed by atoms with Crippen LogP contribution < -0.4 is 0 Å². The van der Waals surface area contributed by atoms with Crippen molar-refractivity contribution in [3.05, 3.63) is 12.2 Å². The molecule has 2 N–H and O–H groups in total. The van der Waals surface area contributed by atoms with E-state index in [-0.39, 0.29) is 24.4 Å². The van der Waals surface area contributed by atoms with Crippen molar-refractivity contribution in [2.75, 3.05) is 20.8 Å². The average molecular weight is 214 g/mol. The minimum Gasteiger partial charge on any atom is -0.396 e. The Kier molecular flexibility index (Phi) is 2.85. The smallest absolute Gasteiger partial charge is 0.179 e. The highest BCUT2D eigenvalue weighted by Gasteiger charge is 2.58. The van der Waals surface area contributed by atoms with Gasteiger partial charge < -0.3 is 19.7 Å². The number of fused-ring (bicyclic) bond motifs is 2. The minimum absolute atomic E-state index is 0.0332. The predicted molar refractivity (Wildman–Crippen MR) is 54.1 cm³/mol. The fourth-order valence-corrected chi connectivity index (χ4v) is 3.10. The molecule has 86 valence electrons. The van der Waals surface area contributed by atoms with E-state index in [1.165, 1.54) is 0 Å². The fourth-order valence-electron chi connectivity index (χ4n) is 3.10. The van der Waals surface area contributed by atoms with Gasteiger partial charge in [0.2, 0.25) is 0 Å². The van der Waals surface area contributed by atoms with E-state index in [4.69, 9.17) is 9.47 Å². The van der Waals surface area contributed by atoms with E-state index in [0.29, 0.717) is 0 Å². The van der Waals surface area contributed by atoms with Crippen molar-refractivity contribution >= 4 is 0 Å². The van der Waals surface area contributed by atoms with Gasteiger partial charge in [0.25, 0.3) is 0 Å². The van der Waals surface area contributed by atoms with Gasteiger partial charge in [-0.3, -0.25) is 0 Å². The van der Waals surface area contributed by atoms with Crippen LogP contribution >= 0.6 is 0 Å². The van der Waals surface area contributed by atoms with Crippen LogP contribution in [-0.4, -0.2) is 42.9 Å². The number of aliphatic hydroxyl groups is 2. The van der Waals surface area contributed by atoms with Crippen LogP contribution in [0.15, 0.2) is 12.2 Å². The highest BCUT2D eigenvalue weighted by Crippen LogP contribution is 2.52. The third kappa shape index (κ3) is 1.36. The van der Waals surface area contributed by atoms with Crippen LogP contribution in [0.2, 0.25) is 0 Å². The molecule has 4 nitrogen and oxygen atoms in total. The first kappa shape index (κ1) is 11.1. The molecule has 0 aromatic rings. The summed E-state index contributed by atoms with van der Waals surface area (Å²) in [5, 5.41) is 19.2. The Bertz CT molecular complexity index is 259. The summed E-state index contributed by atoms with van der Waals surface area (Å²) in [7, 11) is 3.18. The molecule has 4 heteroatoms. The zero-order chi connectivity index (χ0) is 11.1. The number of methoxy groups -OCH3 is 2. The van der Waals surface area contributed by atoms with Crippen molar-refractivity contribution in [1.29, 1.82) is 0 Å². The second-order valence-corrected chi connectivity index (χ2v) is 4.32. The summed E-state index contributed by atoms with van der Waals surface area (Å²) in [5.41, 5.74) is 0. The molecule has 1 fully saturated rings. The van der Waals surface area contributed by atoms with Crippen molar-refractivity contribution in [1.82, 2.24) is 0 Å². The molecule has 0 aliphatic heterocycles. The minimum atomic E-state index is -0.762. The maximum atomic E-state index is 9.88. The molecule has 0 saturated heterocycles. The lowest BCUT2D eigenvalue weighted by molar-refractivity contribution is -0.261. The lowest BCUT2D eigenvalue weighted by atomic mass is 9.84. The number of hydrogen-bond acceptors (Lipinski definition) is 4. The molecule has 4 atom stereocenters. The van der Waals surface area contributed by atoms with Crippen LogP contribution in [0.5, 0.6) is 0 Å². The van der Waals surface area contributed by atoms with Crippen LogP contribution in [0.3, 0.4) is 0 Å². The maximum Gasteiger partial charge on any atom is 0.179 e. The zero-order valence-electron chi connectivity index (χ0n) is 9.09. The van der Waals surface area contributed by atoms with E-state index >= 15 is 0 Å². The monoisotopic (exact) mass is 214 g/mol. The molecule has 0 aromatic heterocycles. The maximum absolute atomic E-state index is 9.88. The van der Waals surface area contributed by atoms with Gasteiger partial charge in [0.05, 0.1) is 6.10 Å². The van der Waals surface area contributed by atoms with Crippen molar-refractivity contribution < 1.29 is 19.7 Å². The molecule has 0 heterocycles. The summed E-state index contributed by atoms with van der Waals surface area (Å²) in [6.45, 7) is 0.104. The molecule has 0 amide bonds. The van der Waals surface area contributed by atoms with E-state index in [2.05, 4.69) is 0 Å². The van der Waals surface area contributed by atoms with Gasteiger partial charge in [-0.1, -0.05) is 12.2 Å². The largest absolute Gasteiger partial charge is 0.396 e. The Morgan fingerprint density at radius 3 is 2.47 bits per heavy atom. The fraction of sp³-hybridized carbons (Fsp3) is 0.818. The van der Waals surface area contributed by atoms with Gasteiger partial charge in [0.15, 0.2) is 5.79 Å². The molecule has 0 radical (unpaired) electrons. The summed E-state index contributed by atoms with van der Waals surface area (Å²) < 4.78 is 10.9. The number of aliphatic hydroxyl groups excluding tert-OH is 2. The average Bonchev–Trinajstić information content (AvgIpc) is 2.49. The van der Waals surface area contributed by atoms with Crippen molar-refractivity contribution in [2.45, 2.75) is 18.3 Å². The Balaban J connectivity index is 2.36. The van der Waals surface area contributed by atoms with Gasteiger partial charge in [-0.05, 0) is 12.3 Å². The van der Waals surface area contributed by atoms with Crippen LogP contribution in [0, 0.1) is 17.8 Å². The first-order valence-corrected chi connectivity index (χ1v) is 5.27. The normalized spacial score (nSPS) is 42.1. The van der Waals surface area contributed by atoms with Crippen molar-refractivity contribution in [3.8, 4) is 0 Å². The Labute approximate surface area is 89.5 Å². The van der Waals surface area contributed by atoms with Crippen LogP contribution in [0.25, 0.3) is 0 Å². The van der Waals surface area contributed by atoms with Crippen molar-refractivity contribution in [3.63, 3.8) is 0 Å². The van der Waals surface area contributed by atoms with Crippen molar-refractivity contribution in [2.24, 2.45) is 17.8 Å². The van der Waals surface area contributed by atoms with E-state index in [1.807, 2.05) is 6.08 Å². The first-order chi connectivity index (χ1) is 7.19. The second-order valence-electron chi connectivity index (χ2n) is 4.32. The molecule has 0 unspecified atom stereocenters. The van der Waals surface area contributed by atoms with Gasteiger partial charge in [0.1, 0.15) is 0 Å². The number of hydrogen-bond donors (Lipinski definition) is 2. The third-order valence-corrected chi connectivity index (χ3v) is 3.85. The summed E-state index contributed by atoms with van der Waals surface area (Å²) >= 11 is 0. The molecule has 0 aromatic carbocycles. The zero-order valence-corrected chi connectivity index (χ0v) is 9.09. The van der Waals surface area contributed by atoms with Crippen LogP contribution in [-0.2, 0) is 9.47 Å². The highest BCUT2D eigenvalue weighted by molar-refractivity contribution is 5.17. The van der Waals surface area contributed by atoms with Gasteiger partial charge >= 0.3 is 0 Å². The molecule has 2 rings (SSSR count). The topological polar surface area (TPSA) is 58.9 Å². The highest BCUT2D eigenvalue weighted by atomic mass is 16.7. The molecular formula is C11H18O4. The van der Waals surface area contributed by atoms with Gasteiger partial charge in [0, 0.05) is 32.7 Å². The molecular weight excluding hydrogens is 196 g/mol. The standard InChI is InChI=1S/C11H18O4/c1-14-11(15-2)8-3-4-10(13)9(11)5-7(8)6-12/h3-4,7-10,12-13H,5-6H2,1-2H3/t7-,8-,9-,10+/m1/s1. The first-order valence-electron chi connectivity index (χ1n) is 5.27. The molecule has 1 saturated carbocycles. The molecule has 2 aliphatic rings. The number of ether oxygens (including phenoxy) is 2. The summed E-state index contributed by atoms with van der Waals surface area (Å²) in [5.74, 6) is -0.699. The van der Waals surface area contributed by atoms with Crippen LogP contribution in [0.1, 0.15) is 6.42 Å². The van der Waals surface area contributed by atoms with E-state index < -0.39 is 11.9 Å².